The number of rotatable bonds is 8. The van der Waals surface area contributed by atoms with Crippen molar-refractivity contribution in [3.63, 3.8) is 0 Å². The summed E-state index contributed by atoms with van der Waals surface area (Å²) < 4.78 is 0. The molecule has 3 aromatic rings. The summed E-state index contributed by atoms with van der Waals surface area (Å²) in [6, 6.07) is 17.8. The SMILES string of the molecule is CCCCc1ccc(N2C(=O)C(Cl)=C(Nc3cccc(C(=O)Nc4cc(Cl)ccc4O)c3)C2=O)cc1. The zero-order valence-corrected chi connectivity index (χ0v) is 20.9. The van der Waals surface area contributed by atoms with Crippen molar-refractivity contribution in [3.8, 4) is 5.75 Å². The van der Waals surface area contributed by atoms with Gasteiger partial charge in [0, 0.05) is 16.3 Å². The lowest BCUT2D eigenvalue weighted by molar-refractivity contribution is -0.120. The lowest BCUT2D eigenvalue weighted by atomic mass is 10.1. The van der Waals surface area contributed by atoms with Gasteiger partial charge in [0.2, 0.25) is 0 Å². The Morgan fingerprint density at radius 1 is 0.972 bits per heavy atom. The number of nitrogens with one attached hydrogen (secondary N) is 2. The summed E-state index contributed by atoms with van der Waals surface area (Å²) in [5, 5.41) is 15.5. The van der Waals surface area contributed by atoms with Crippen LogP contribution in [-0.4, -0.2) is 22.8 Å². The van der Waals surface area contributed by atoms with Gasteiger partial charge in [-0.15, -0.1) is 0 Å². The molecule has 3 N–H and O–H groups in total. The summed E-state index contributed by atoms with van der Waals surface area (Å²) in [4.78, 5) is 39.6. The van der Waals surface area contributed by atoms with Crippen LogP contribution in [0.1, 0.15) is 35.7 Å². The van der Waals surface area contributed by atoms with Gasteiger partial charge >= 0.3 is 0 Å². The van der Waals surface area contributed by atoms with Gasteiger partial charge in [-0.25, -0.2) is 4.90 Å². The lowest BCUT2D eigenvalue weighted by Crippen LogP contribution is -2.32. The van der Waals surface area contributed by atoms with Crippen LogP contribution in [0.5, 0.6) is 5.75 Å². The number of amides is 3. The van der Waals surface area contributed by atoms with Crippen LogP contribution in [0.25, 0.3) is 0 Å². The van der Waals surface area contributed by atoms with Crippen molar-refractivity contribution in [2.75, 3.05) is 15.5 Å². The molecule has 0 atom stereocenters. The van der Waals surface area contributed by atoms with Gasteiger partial charge in [-0.05, 0) is 66.9 Å². The second-order valence-electron chi connectivity index (χ2n) is 8.23. The fraction of sp³-hybridized carbons (Fsp3) is 0.148. The van der Waals surface area contributed by atoms with E-state index in [1.54, 1.807) is 30.3 Å². The highest BCUT2D eigenvalue weighted by Gasteiger charge is 2.39. The highest BCUT2D eigenvalue weighted by atomic mass is 35.5. The molecule has 3 aromatic carbocycles. The number of phenolic OH excluding ortho intramolecular Hbond substituents is 1. The van der Waals surface area contributed by atoms with E-state index < -0.39 is 17.7 Å². The van der Waals surface area contributed by atoms with E-state index in [1.165, 1.54) is 24.3 Å². The number of aryl methyl sites for hydroxylation is 1. The van der Waals surface area contributed by atoms with Crippen molar-refractivity contribution in [2.24, 2.45) is 0 Å². The minimum absolute atomic E-state index is 0.0817. The third-order valence-corrected chi connectivity index (χ3v) is 6.23. The molecular weight excluding hydrogens is 501 g/mol. The number of benzene rings is 3. The van der Waals surface area contributed by atoms with E-state index >= 15 is 0 Å². The topological polar surface area (TPSA) is 98.7 Å². The number of nitrogens with zero attached hydrogens (tertiary/aromatic N) is 1. The highest BCUT2D eigenvalue weighted by molar-refractivity contribution is 6.53. The first-order valence-corrected chi connectivity index (χ1v) is 12.1. The Morgan fingerprint density at radius 3 is 2.44 bits per heavy atom. The number of halogens is 2. The molecule has 0 bridgehead atoms. The van der Waals surface area contributed by atoms with E-state index in [0.717, 1.165) is 29.7 Å². The van der Waals surface area contributed by atoms with Gasteiger partial charge in [0.25, 0.3) is 17.7 Å². The molecule has 36 heavy (non-hydrogen) atoms. The Bertz CT molecular complexity index is 1370. The monoisotopic (exact) mass is 523 g/mol. The standard InChI is InChI=1S/C27H23Cl2N3O4/c1-2-3-5-16-8-11-20(12-9-16)32-26(35)23(29)24(27(32)36)30-19-7-4-6-17(14-19)25(34)31-21-15-18(28)10-13-22(21)33/h4,6-15,30,33H,2-3,5H2,1H3,(H,31,34). The number of unbranched alkanes of at least 4 members (excludes halogenated alkanes) is 1. The Balaban J connectivity index is 1.50. The number of carbonyl (C=O) groups excluding carboxylic acids is 3. The first-order valence-electron chi connectivity index (χ1n) is 11.3. The molecule has 4 rings (SSSR count). The molecule has 0 spiro atoms. The van der Waals surface area contributed by atoms with Crippen molar-refractivity contribution in [2.45, 2.75) is 26.2 Å². The molecule has 184 valence electrons. The molecule has 7 nitrogen and oxygen atoms in total. The fourth-order valence-corrected chi connectivity index (χ4v) is 4.11. The van der Waals surface area contributed by atoms with Crippen LogP contribution in [0, 0.1) is 0 Å². The second kappa shape index (κ2) is 10.8. The van der Waals surface area contributed by atoms with E-state index in [9.17, 15) is 19.5 Å². The van der Waals surface area contributed by atoms with Gasteiger partial charge in [-0.2, -0.15) is 0 Å². The van der Waals surface area contributed by atoms with Crippen molar-refractivity contribution < 1.29 is 19.5 Å². The van der Waals surface area contributed by atoms with E-state index in [0.29, 0.717) is 16.4 Å². The fourth-order valence-electron chi connectivity index (χ4n) is 3.72. The van der Waals surface area contributed by atoms with Crippen LogP contribution in [0.15, 0.2) is 77.5 Å². The van der Waals surface area contributed by atoms with Crippen molar-refractivity contribution in [1.29, 1.82) is 0 Å². The van der Waals surface area contributed by atoms with Gasteiger partial charge in [0.1, 0.15) is 16.5 Å². The molecule has 9 heteroatoms. The van der Waals surface area contributed by atoms with Crippen LogP contribution in [-0.2, 0) is 16.0 Å². The number of phenols is 1. The molecule has 0 saturated carbocycles. The zero-order chi connectivity index (χ0) is 25.8. The highest BCUT2D eigenvalue weighted by Crippen LogP contribution is 2.31. The maximum absolute atomic E-state index is 13.1. The summed E-state index contributed by atoms with van der Waals surface area (Å²) in [6.45, 7) is 2.12. The minimum Gasteiger partial charge on any atom is -0.506 e. The van der Waals surface area contributed by atoms with Crippen LogP contribution in [0.4, 0.5) is 17.1 Å². The Morgan fingerprint density at radius 2 is 1.72 bits per heavy atom. The average Bonchev–Trinajstić information content (AvgIpc) is 3.08. The van der Waals surface area contributed by atoms with E-state index in [4.69, 9.17) is 23.2 Å². The van der Waals surface area contributed by atoms with Gasteiger partial charge < -0.3 is 15.7 Å². The first kappa shape index (κ1) is 25.3. The Labute approximate surface area is 218 Å². The predicted molar refractivity (Wildman–Crippen MR) is 142 cm³/mol. The maximum Gasteiger partial charge on any atom is 0.283 e. The number of hydrogen-bond acceptors (Lipinski definition) is 5. The zero-order valence-electron chi connectivity index (χ0n) is 19.3. The summed E-state index contributed by atoms with van der Waals surface area (Å²) in [7, 11) is 0. The number of hydrogen-bond donors (Lipinski definition) is 3. The molecule has 0 radical (unpaired) electrons. The summed E-state index contributed by atoms with van der Waals surface area (Å²) in [5.74, 6) is -1.86. The van der Waals surface area contributed by atoms with E-state index in [-0.39, 0.29) is 27.7 Å². The molecule has 0 aliphatic carbocycles. The van der Waals surface area contributed by atoms with Crippen LogP contribution in [0.3, 0.4) is 0 Å². The number of anilines is 3. The number of carbonyl (C=O) groups is 3. The lowest BCUT2D eigenvalue weighted by Gasteiger charge is -2.16. The minimum atomic E-state index is -0.629. The summed E-state index contributed by atoms with van der Waals surface area (Å²) in [5.41, 5.74) is 2.25. The summed E-state index contributed by atoms with van der Waals surface area (Å²) >= 11 is 12.2. The van der Waals surface area contributed by atoms with E-state index in [2.05, 4.69) is 17.6 Å². The van der Waals surface area contributed by atoms with Crippen LogP contribution in [0.2, 0.25) is 5.02 Å². The maximum atomic E-state index is 13.1. The number of imide groups is 1. The molecule has 0 saturated heterocycles. The van der Waals surface area contributed by atoms with Crippen LogP contribution >= 0.6 is 23.2 Å². The molecular formula is C27H23Cl2N3O4. The molecule has 0 aromatic heterocycles. The third-order valence-electron chi connectivity index (χ3n) is 5.64. The van der Waals surface area contributed by atoms with Crippen molar-refractivity contribution in [1.82, 2.24) is 0 Å². The van der Waals surface area contributed by atoms with Gasteiger partial charge in [-0.3, -0.25) is 14.4 Å². The first-order chi connectivity index (χ1) is 17.3. The molecule has 1 aliphatic rings. The van der Waals surface area contributed by atoms with Crippen molar-refractivity contribution in [3.05, 3.63) is 93.6 Å². The average molecular weight is 524 g/mol. The van der Waals surface area contributed by atoms with Gasteiger partial charge in [-0.1, -0.05) is 54.7 Å². The normalized spacial score (nSPS) is 13.4. The Hall–Kier alpha value is -3.81. The predicted octanol–water partition coefficient (Wildman–Crippen LogP) is 6.08. The quantitative estimate of drug-likeness (QED) is 0.245. The van der Waals surface area contributed by atoms with Crippen LogP contribution < -0.4 is 15.5 Å². The molecule has 0 fully saturated rings. The largest absolute Gasteiger partial charge is 0.506 e. The van der Waals surface area contributed by atoms with Gasteiger partial charge in [0.15, 0.2) is 0 Å². The molecule has 1 aliphatic heterocycles. The Kier molecular flexibility index (Phi) is 7.62. The third kappa shape index (κ3) is 5.37. The molecule has 0 unspecified atom stereocenters. The molecule has 1 heterocycles. The van der Waals surface area contributed by atoms with Crippen molar-refractivity contribution >= 4 is 58.0 Å². The molecule has 3 amide bonds. The number of aromatic hydroxyl groups is 1. The van der Waals surface area contributed by atoms with Gasteiger partial charge in [0.05, 0.1) is 11.4 Å². The smallest absolute Gasteiger partial charge is 0.283 e. The second-order valence-corrected chi connectivity index (χ2v) is 9.04. The summed E-state index contributed by atoms with van der Waals surface area (Å²) in [6.07, 6.45) is 3.05. The van der Waals surface area contributed by atoms with E-state index in [1.807, 2.05) is 12.1 Å².